The Hall–Kier alpha value is -0.750. The molecular weight excluding hydrogens is 174 g/mol. The Labute approximate surface area is 67.1 Å². The second-order valence-electron chi connectivity index (χ2n) is 2.36. The number of alkyl halides is 2. The smallest absolute Gasteiger partial charge is 0.399 e. The summed E-state index contributed by atoms with van der Waals surface area (Å²) in [5.74, 6) is -2.54. The average molecular weight is 181 g/mol. The van der Waals surface area contributed by atoms with Crippen LogP contribution in [0.1, 0.15) is 12.8 Å². The number of ether oxygens (including phenoxy) is 2. The predicted octanol–water partition coefficient (Wildman–Crippen LogP) is -0.518. The fourth-order valence-electron chi connectivity index (χ4n) is 0.854. The molecule has 6 heteroatoms. The monoisotopic (exact) mass is 181 g/mol. The number of rotatable bonds is 3. The molecule has 1 heterocycles. The quantitative estimate of drug-likeness (QED) is 0.588. The van der Waals surface area contributed by atoms with Crippen molar-refractivity contribution in [2.45, 2.75) is 25.2 Å². The van der Waals surface area contributed by atoms with Crippen LogP contribution in [-0.4, -0.2) is 25.0 Å². The molecular formula is C6H7F2O4-. The van der Waals surface area contributed by atoms with Gasteiger partial charge in [0.25, 0.3) is 0 Å². The van der Waals surface area contributed by atoms with Crippen molar-refractivity contribution in [2.75, 3.05) is 6.61 Å². The molecule has 0 N–H and O–H groups in total. The van der Waals surface area contributed by atoms with Crippen molar-refractivity contribution in [3.63, 3.8) is 0 Å². The Morgan fingerprint density at radius 1 is 1.67 bits per heavy atom. The summed E-state index contributed by atoms with van der Waals surface area (Å²) < 4.78 is 33.0. The van der Waals surface area contributed by atoms with Crippen LogP contribution in [0.25, 0.3) is 0 Å². The first-order valence-electron chi connectivity index (χ1n) is 3.41. The molecule has 70 valence electrons. The lowest BCUT2D eigenvalue weighted by Gasteiger charge is -2.20. The third kappa shape index (κ3) is 2.12. The van der Waals surface area contributed by atoms with E-state index in [-0.39, 0.29) is 6.42 Å². The van der Waals surface area contributed by atoms with Crippen molar-refractivity contribution in [1.82, 2.24) is 0 Å². The molecule has 1 rings (SSSR count). The molecule has 1 saturated heterocycles. The molecule has 1 unspecified atom stereocenters. The Bertz CT molecular complexity index is 176. The Balaban J connectivity index is 2.42. The van der Waals surface area contributed by atoms with Crippen LogP contribution < -0.4 is 5.11 Å². The molecule has 1 atom stereocenters. The first-order chi connectivity index (χ1) is 5.52. The van der Waals surface area contributed by atoms with Gasteiger partial charge in [-0.2, -0.15) is 8.78 Å². The highest BCUT2D eigenvalue weighted by molar-refractivity contribution is 5.71. The molecule has 0 spiro atoms. The van der Waals surface area contributed by atoms with Crippen molar-refractivity contribution in [1.29, 1.82) is 0 Å². The highest BCUT2D eigenvalue weighted by Crippen LogP contribution is 2.22. The van der Waals surface area contributed by atoms with Gasteiger partial charge in [0.15, 0.2) is 6.29 Å². The lowest BCUT2D eigenvalue weighted by Crippen LogP contribution is -2.45. The van der Waals surface area contributed by atoms with Gasteiger partial charge in [-0.15, -0.1) is 0 Å². The first kappa shape index (κ1) is 9.34. The maximum absolute atomic E-state index is 12.2. The number of halogens is 2. The number of aliphatic carboxylic acids is 1. The zero-order chi connectivity index (χ0) is 9.19. The van der Waals surface area contributed by atoms with Crippen LogP contribution in [0.2, 0.25) is 0 Å². The molecule has 0 aromatic rings. The lowest BCUT2D eigenvalue weighted by atomic mass is 10.4. The number of hydrogen-bond acceptors (Lipinski definition) is 4. The number of carboxylic acid groups (broad SMARTS) is 1. The Kier molecular flexibility index (Phi) is 2.58. The number of hydrogen-bond donors (Lipinski definition) is 0. The van der Waals surface area contributed by atoms with E-state index in [0.717, 1.165) is 0 Å². The molecule has 1 fully saturated rings. The predicted molar refractivity (Wildman–Crippen MR) is 30.0 cm³/mol. The minimum atomic E-state index is -4.25. The third-order valence-electron chi connectivity index (χ3n) is 1.41. The van der Waals surface area contributed by atoms with Crippen molar-refractivity contribution in [2.24, 2.45) is 0 Å². The van der Waals surface area contributed by atoms with E-state index in [9.17, 15) is 18.7 Å². The zero-order valence-electron chi connectivity index (χ0n) is 6.09. The first-order valence-corrected chi connectivity index (χ1v) is 3.41. The summed E-state index contributed by atoms with van der Waals surface area (Å²) in [6, 6.07) is 0. The van der Waals surface area contributed by atoms with Crippen LogP contribution in [0.15, 0.2) is 0 Å². The van der Waals surface area contributed by atoms with Gasteiger partial charge in [-0.05, 0) is 6.42 Å². The van der Waals surface area contributed by atoms with Gasteiger partial charge >= 0.3 is 6.11 Å². The van der Waals surface area contributed by atoms with E-state index in [2.05, 4.69) is 9.47 Å². The van der Waals surface area contributed by atoms with Gasteiger partial charge in [0.2, 0.25) is 0 Å². The summed E-state index contributed by atoms with van der Waals surface area (Å²) in [4.78, 5) is 9.77. The largest absolute Gasteiger partial charge is 0.542 e. The molecule has 1 aliphatic rings. The van der Waals surface area contributed by atoms with Crippen LogP contribution in [0.3, 0.4) is 0 Å². The Morgan fingerprint density at radius 2 is 2.33 bits per heavy atom. The molecule has 0 aromatic heterocycles. The van der Waals surface area contributed by atoms with Gasteiger partial charge < -0.3 is 14.6 Å². The fraction of sp³-hybridized carbons (Fsp3) is 0.833. The second-order valence-corrected chi connectivity index (χ2v) is 2.36. The summed E-state index contributed by atoms with van der Waals surface area (Å²) in [6.45, 7) is 0.313. The van der Waals surface area contributed by atoms with Crippen molar-refractivity contribution in [3.8, 4) is 0 Å². The molecule has 0 aliphatic carbocycles. The summed E-state index contributed by atoms with van der Waals surface area (Å²) in [5, 5.41) is 9.77. The Morgan fingerprint density at radius 3 is 2.75 bits per heavy atom. The fourth-order valence-corrected chi connectivity index (χ4v) is 0.854. The lowest BCUT2D eigenvalue weighted by molar-refractivity contribution is -0.379. The third-order valence-corrected chi connectivity index (χ3v) is 1.41. The molecule has 12 heavy (non-hydrogen) atoms. The van der Waals surface area contributed by atoms with E-state index >= 15 is 0 Å². The minimum absolute atomic E-state index is 0.281. The summed E-state index contributed by atoms with van der Waals surface area (Å²) in [5.41, 5.74) is 0. The maximum atomic E-state index is 12.2. The number of carboxylic acids is 1. The van der Waals surface area contributed by atoms with Crippen molar-refractivity contribution in [3.05, 3.63) is 0 Å². The maximum Gasteiger partial charge on any atom is 0.399 e. The molecule has 0 amide bonds. The van der Waals surface area contributed by atoms with Gasteiger partial charge in [0.1, 0.15) is 5.97 Å². The van der Waals surface area contributed by atoms with E-state index in [0.29, 0.717) is 13.0 Å². The second kappa shape index (κ2) is 3.32. The van der Waals surface area contributed by atoms with Gasteiger partial charge in [0.05, 0.1) is 0 Å². The van der Waals surface area contributed by atoms with Crippen LogP contribution in [0, 0.1) is 0 Å². The van der Waals surface area contributed by atoms with Gasteiger partial charge in [-0.3, -0.25) is 4.74 Å². The van der Waals surface area contributed by atoms with E-state index < -0.39 is 18.4 Å². The molecule has 0 saturated carbocycles. The van der Waals surface area contributed by atoms with Crippen LogP contribution in [-0.2, 0) is 14.3 Å². The van der Waals surface area contributed by atoms with Crippen molar-refractivity contribution >= 4 is 5.97 Å². The molecule has 1 aliphatic heterocycles. The van der Waals surface area contributed by atoms with Crippen LogP contribution >= 0.6 is 0 Å². The SMILES string of the molecule is O=C([O-])C(F)(F)OC1CCCO1. The summed E-state index contributed by atoms with van der Waals surface area (Å²) in [7, 11) is 0. The van der Waals surface area contributed by atoms with Gasteiger partial charge in [-0.25, -0.2) is 0 Å². The number of carbonyl (C=O) groups is 1. The van der Waals surface area contributed by atoms with Crippen LogP contribution in [0.5, 0.6) is 0 Å². The average Bonchev–Trinajstić information content (AvgIpc) is 2.38. The molecule has 0 bridgehead atoms. The summed E-state index contributed by atoms with van der Waals surface area (Å²) >= 11 is 0. The summed E-state index contributed by atoms with van der Waals surface area (Å²) in [6.07, 6.45) is -4.51. The van der Waals surface area contributed by atoms with Gasteiger partial charge in [0, 0.05) is 13.0 Å². The highest BCUT2D eigenvalue weighted by Gasteiger charge is 2.37. The molecule has 4 nitrogen and oxygen atoms in total. The normalized spacial score (nSPS) is 24.3. The van der Waals surface area contributed by atoms with E-state index in [4.69, 9.17) is 0 Å². The van der Waals surface area contributed by atoms with Gasteiger partial charge in [-0.1, -0.05) is 0 Å². The standard InChI is InChI=1S/C6H8F2O4/c7-6(8,5(9)10)12-4-2-1-3-11-4/h4H,1-3H2,(H,9,10)/p-1. The van der Waals surface area contributed by atoms with Crippen LogP contribution in [0.4, 0.5) is 8.78 Å². The van der Waals surface area contributed by atoms with Crippen molar-refractivity contribution < 1.29 is 28.2 Å². The number of carbonyl (C=O) groups excluding carboxylic acids is 1. The minimum Gasteiger partial charge on any atom is -0.542 e. The van der Waals surface area contributed by atoms with E-state index in [1.165, 1.54) is 0 Å². The molecule has 0 aromatic carbocycles. The topological polar surface area (TPSA) is 58.6 Å². The highest BCUT2D eigenvalue weighted by atomic mass is 19.3. The molecule has 0 radical (unpaired) electrons. The van der Waals surface area contributed by atoms with E-state index in [1.54, 1.807) is 0 Å². The van der Waals surface area contributed by atoms with E-state index in [1.807, 2.05) is 0 Å². The zero-order valence-corrected chi connectivity index (χ0v) is 6.09.